The van der Waals surface area contributed by atoms with E-state index < -0.39 is 0 Å². The van der Waals surface area contributed by atoms with Crippen molar-refractivity contribution in [1.29, 1.82) is 0 Å². The lowest BCUT2D eigenvalue weighted by Crippen LogP contribution is -2.14. The summed E-state index contributed by atoms with van der Waals surface area (Å²) >= 11 is 6.19. The van der Waals surface area contributed by atoms with Crippen molar-refractivity contribution >= 4 is 22.6 Å². The average molecular weight is 387 g/mol. The Kier molecular flexibility index (Phi) is 5.05. The van der Waals surface area contributed by atoms with Gasteiger partial charge in [0.2, 0.25) is 0 Å². The summed E-state index contributed by atoms with van der Waals surface area (Å²) in [6.45, 7) is 3.04. The Labute approximate surface area is 161 Å². The largest absolute Gasteiger partial charge is 0.489 e. The van der Waals surface area contributed by atoms with E-state index >= 15 is 0 Å². The van der Waals surface area contributed by atoms with Crippen molar-refractivity contribution in [2.45, 2.75) is 33.0 Å². The highest BCUT2D eigenvalue weighted by Gasteiger charge is 2.17. The molecule has 0 saturated carbocycles. The second-order valence-electron chi connectivity index (χ2n) is 6.45. The molecule has 0 radical (unpaired) electrons. The lowest BCUT2D eigenvalue weighted by atomic mass is 10.1. The number of fused-ring (bicyclic) bond motifs is 2. The minimum atomic E-state index is -0.347. The van der Waals surface area contributed by atoms with Crippen molar-refractivity contribution in [3.8, 4) is 11.5 Å². The summed E-state index contributed by atoms with van der Waals surface area (Å²) in [5.41, 5.74) is 2.93. The van der Waals surface area contributed by atoms with E-state index in [-0.39, 0.29) is 19.0 Å². The van der Waals surface area contributed by atoms with Gasteiger partial charge < -0.3 is 18.6 Å². The number of hydrogen-bond acceptors (Lipinski definition) is 5. The van der Waals surface area contributed by atoms with E-state index in [4.69, 9.17) is 30.2 Å². The van der Waals surface area contributed by atoms with Gasteiger partial charge in [-0.15, -0.1) is 0 Å². The van der Waals surface area contributed by atoms with Gasteiger partial charge in [-0.1, -0.05) is 24.9 Å². The SMILES string of the molecule is CCCc1cc(=O)oc2cc(OCc3cc(Cl)cc4c3OCOC4)ccc12. The van der Waals surface area contributed by atoms with E-state index in [1.54, 1.807) is 12.1 Å². The maximum Gasteiger partial charge on any atom is 0.336 e. The predicted octanol–water partition coefficient (Wildman–Crippen LogP) is 4.84. The van der Waals surface area contributed by atoms with Crippen LogP contribution in [0.25, 0.3) is 11.0 Å². The van der Waals surface area contributed by atoms with Gasteiger partial charge >= 0.3 is 5.63 Å². The number of ether oxygens (including phenoxy) is 3. The lowest BCUT2D eigenvalue weighted by Gasteiger charge is -2.21. The highest BCUT2D eigenvalue weighted by atomic mass is 35.5. The first-order valence-electron chi connectivity index (χ1n) is 8.85. The van der Waals surface area contributed by atoms with Gasteiger partial charge in [0.1, 0.15) is 23.7 Å². The van der Waals surface area contributed by atoms with E-state index in [1.165, 1.54) is 0 Å². The van der Waals surface area contributed by atoms with Gasteiger partial charge in [-0.05, 0) is 36.2 Å². The lowest BCUT2D eigenvalue weighted by molar-refractivity contribution is -0.0175. The van der Waals surface area contributed by atoms with Crippen LogP contribution in [0.3, 0.4) is 0 Å². The molecule has 0 bridgehead atoms. The molecule has 27 heavy (non-hydrogen) atoms. The third-order valence-corrected chi connectivity index (χ3v) is 4.69. The first-order valence-corrected chi connectivity index (χ1v) is 9.23. The number of benzene rings is 2. The van der Waals surface area contributed by atoms with Crippen molar-refractivity contribution in [2.24, 2.45) is 0 Å². The number of aryl methyl sites for hydroxylation is 1. The Balaban J connectivity index is 1.61. The van der Waals surface area contributed by atoms with Crippen molar-refractivity contribution in [3.05, 3.63) is 68.5 Å². The molecule has 2 aromatic carbocycles. The molecule has 2 heterocycles. The summed E-state index contributed by atoms with van der Waals surface area (Å²) in [5, 5.41) is 1.54. The molecule has 0 spiro atoms. The first kappa shape index (κ1) is 17.9. The molecule has 1 aliphatic rings. The molecular weight excluding hydrogens is 368 g/mol. The van der Waals surface area contributed by atoms with E-state index in [0.29, 0.717) is 23.0 Å². The Morgan fingerprint density at radius 3 is 2.89 bits per heavy atom. The Morgan fingerprint density at radius 2 is 2.04 bits per heavy atom. The number of halogens is 1. The molecule has 0 saturated heterocycles. The van der Waals surface area contributed by atoms with Crippen LogP contribution in [0, 0.1) is 0 Å². The summed E-state index contributed by atoms with van der Waals surface area (Å²) in [4.78, 5) is 11.8. The van der Waals surface area contributed by atoms with Crippen LogP contribution >= 0.6 is 11.6 Å². The summed E-state index contributed by atoms with van der Waals surface area (Å²) < 4.78 is 22.2. The van der Waals surface area contributed by atoms with Gasteiger partial charge in [0.05, 0.1) is 6.61 Å². The molecule has 4 rings (SSSR count). The van der Waals surface area contributed by atoms with Crippen LogP contribution in [-0.4, -0.2) is 6.79 Å². The molecule has 0 aliphatic carbocycles. The fourth-order valence-corrected chi connectivity index (χ4v) is 3.56. The van der Waals surface area contributed by atoms with Crippen LogP contribution < -0.4 is 15.1 Å². The topological polar surface area (TPSA) is 57.9 Å². The maximum atomic E-state index is 11.8. The van der Waals surface area contributed by atoms with Crippen molar-refractivity contribution in [3.63, 3.8) is 0 Å². The third kappa shape index (κ3) is 3.80. The van der Waals surface area contributed by atoms with Crippen molar-refractivity contribution in [2.75, 3.05) is 6.79 Å². The zero-order valence-corrected chi connectivity index (χ0v) is 15.7. The van der Waals surface area contributed by atoms with E-state index in [1.807, 2.05) is 24.3 Å². The van der Waals surface area contributed by atoms with E-state index in [2.05, 4.69) is 6.92 Å². The molecule has 0 atom stereocenters. The van der Waals surface area contributed by atoms with Crippen LogP contribution in [0.4, 0.5) is 0 Å². The van der Waals surface area contributed by atoms with Gasteiger partial charge in [0, 0.05) is 33.7 Å². The fourth-order valence-electron chi connectivity index (χ4n) is 3.30. The Bertz CT molecular complexity index is 1040. The highest BCUT2D eigenvalue weighted by Crippen LogP contribution is 2.33. The Hall–Kier alpha value is -2.50. The summed E-state index contributed by atoms with van der Waals surface area (Å²) in [6, 6.07) is 10.8. The summed E-state index contributed by atoms with van der Waals surface area (Å²) in [5.74, 6) is 1.36. The van der Waals surface area contributed by atoms with Crippen LogP contribution in [0.2, 0.25) is 5.02 Å². The molecule has 3 aromatic rings. The molecular formula is C21H19ClO5. The molecule has 0 N–H and O–H groups in total. The van der Waals surface area contributed by atoms with Crippen LogP contribution in [-0.2, 0) is 24.4 Å². The van der Waals surface area contributed by atoms with Gasteiger partial charge in [0.15, 0.2) is 6.79 Å². The van der Waals surface area contributed by atoms with Crippen LogP contribution in [0.15, 0.2) is 45.6 Å². The smallest absolute Gasteiger partial charge is 0.336 e. The van der Waals surface area contributed by atoms with Crippen LogP contribution in [0.5, 0.6) is 11.5 Å². The van der Waals surface area contributed by atoms with Crippen molar-refractivity contribution < 1.29 is 18.6 Å². The summed E-state index contributed by atoms with van der Waals surface area (Å²) in [6.07, 6.45) is 1.79. The Morgan fingerprint density at radius 1 is 1.15 bits per heavy atom. The van der Waals surface area contributed by atoms with Gasteiger partial charge in [-0.3, -0.25) is 0 Å². The molecule has 0 unspecified atom stereocenters. The van der Waals surface area contributed by atoms with E-state index in [0.717, 1.165) is 40.7 Å². The third-order valence-electron chi connectivity index (χ3n) is 4.47. The minimum Gasteiger partial charge on any atom is -0.489 e. The van der Waals surface area contributed by atoms with E-state index in [9.17, 15) is 4.79 Å². The minimum absolute atomic E-state index is 0.211. The fraction of sp³-hybridized carbons (Fsp3) is 0.286. The number of hydrogen-bond donors (Lipinski definition) is 0. The van der Waals surface area contributed by atoms with Gasteiger partial charge in [0.25, 0.3) is 0 Å². The maximum absolute atomic E-state index is 11.8. The summed E-state index contributed by atoms with van der Waals surface area (Å²) in [7, 11) is 0. The van der Waals surface area contributed by atoms with Crippen molar-refractivity contribution in [1.82, 2.24) is 0 Å². The zero-order chi connectivity index (χ0) is 18.8. The standard InChI is InChI=1S/C21H19ClO5/c1-2-3-13-8-20(23)27-19-9-17(4-5-18(13)19)25-11-15-7-16(22)6-14-10-24-12-26-21(14)15/h4-9H,2-3,10-12H2,1H3. The molecule has 1 aromatic heterocycles. The van der Waals surface area contributed by atoms with Gasteiger partial charge in [-0.2, -0.15) is 0 Å². The van der Waals surface area contributed by atoms with Gasteiger partial charge in [-0.25, -0.2) is 4.79 Å². The monoisotopic (exact) mass is 386 g/mol. The molecule has 140 valence electrons. The zero-order valence-electron chi connectivity index (χ0n) is 14.9. The normalized spacial score (nSPS) is 13.3. The molecule has 0 amide bonds. The molecule has 5 nitrogen and oxygen atoms in total. The predicted molar refractivity (Wildman–Crippen MR) is 103 cm³/mol. The quantitative estimate of drug-likeness (QED) is 0.587. The molecule has 0 fully saturated rings. The number of rotatable bonds is 5. The average Bonchev–Trinajstić information content (AvgIpc) is 2.65. The van der Waals surface area contributed by atoms with Crippen LogP contribution in [0.1, 0.15) is 30.0 Å². The molecule has 1 aliphatic heterocycles. The second kappa shape index (κ2) is 7.62. The molecule has 6 heteroatoms. The highest BCUT2D eigenvalue weighted by molar-refractivity contribution is 6.30. The second-order valence-corrected chi connectivity index (χ2v) is 6.89. The first-order chi connectivity index (χ1) is 13.1.